The molecule has 0 aromatic heterocycles. The molecule has 0 saturated heterocycles. The summed E-state index contributed by atoms with van der Waals surface area (Å²) in [4.78, 5) is 0. The Morgan fingerprint density at radius 3 is 1.07 bits per heavy atom. The fourth-order valence-electron chi connectivity index (χ4n) is 14.0. The Bertz CT molecular complexity index is 4630. The molecule has 0 fully saturated rings. The second kappa shape index (κ2) is 23.2. The summed E-state index contributed by atoms with van der Waals surface area (Å²) in [7, 11) is 13.5. The molecule has 11 aromatic rings. The Morgan fingerprint density at radius 2 is 0.629 bits per heavy atom. The van der Waals surface area contributed by atoms with Crippen molar-refractivity contribution in [1.82, 2.24) is 0 Å². The zero-order valence-corrected chi connectivity index (χ0v) is 50.9. The highest BCUT2D eigenvalue weighted by Crippen LogP contribution is 2.74. The third-order valence-corrected chi connectivity index (χ3v) is 18.1. The number of hydrogen-bond acceptors (Lipinski definition) is 8. The number of fused-ring (bicyclic) bond motifs is 9. The lowest BCUT2D eigenvalue weighted by molar-refractivity contribution is 0.414. The van der Waals surface area contributed by atoms with Gasteiger partial charge in [-0.3, -0.25) is 0 Å². The number of ether oxygens (including phenoxy) is 8. The summed E-state index contributed by atoms with van der Waals surface area (Å²) in [6.07, 6.45) is -2.20. The van der Waals surface area contributed by atoms with E-state index in [9.17, 15) is 2.74 Å². The predicted octanol–water partition coefficient (Wildman–Crippen LogP) is 19.0. The van der Waals surface area contributed by atoms with Crippen LogP contribution >= 0.6 is 0 Å². The molecule has 0 aliphatic heterocycles. The SMILES string of the molecule is [2H]C1([2H])C(c2ccc(OC)cc2)=C(c2ccc(OC)cc2)C2=C(C1c1ccc(OC)cc1)C1(c3ccccc3-c3cccc(-c4ccc(OC)cc4)c31)c1c2c(-c2ccc(OC)cc2)c(-c2ccc(OC)cc2)c(-c2ccc(OC)cc2)c1-c1ccc(OC)cc1. The van der Waals surface area contributed by atoms with E-state index in [-0.39, 0.29) is 0 Å². The van der Waals surface area contributed by atoms with E-state index in [0.29, 0.717) is 51.4 Å². The van der Waals surface area contributed by atoms with Gasteiger partial charge < -0.3 is 37.9 Å². The van der Waals surface area contributed by atoms with E-state index in [1.165, 1.54) is 0 Å². The molecule has 0 saturated carbocycles. The molecular formula is C81H66O8. The molecule has 0 heterocycles. The van der Waals surface area contributed by atoms with Crippen LogP contribution in [0.3, 0.4) is 0 Å². The average molecular weight is 1170 g/mol. The monoisotopic (exact) mass is 1170 g/mol. The lowest BCUT2D eigenvalue weighted by atomic mass is 9.59. The van der Waals surface area contributed by atoms with Crippen LogP contribution in [-0.2, 0) is 5.41 Å². The highest BCUT2D eigenvalue weighted by atomic mass is 16.5. The van der Waals surface area contributed by atoms with Gasteiger partial charge in [-0.05, 0) is 231 Å². The van der Waals surface area contributed by atoms with Gasteiger partial charge in [-0.25, -0.2) is 0 Å². The van der Waals surface area contributed by atoms with Gasteiger partial charge in [0, 0.05) is 8.66 Å². The molecule has 0 radical (unpaired) electrons. The fraction of sp³-hybridized carbons (Fsp3) is 0.136. The summed E-state index contributed by atoms with van der Waals surface area (Å²) in [6, 6.07) is 81.5. The van der Waals surface area contributed by atoms with Gasteiger partial charge in [-0.15, -0.1) is 0 Å². The number of methoxy groups -OCH3 is 8. The molecule has 0 amide bonds. The summed E-state index contributed by atoms with van der Waals surface area (Å²) >= 11 is 0. The molecule has 2 unspecified atom stereocenters. The van der Waals surface area contributed by atoms with E-state index in [0.717, 1.165) is 123 Å². The normalized spacial score (nSPS) is 16.1. The lowest BCUT2D eigenvalue weighted by Crippen LogP contribution is -2.33. The molecule has 0 N–H and O–H groups in total. The maximum atomic E-state index is 11.7. The number of benzene rings is 11. The second-order valence-electron chi connectivity index (χ2n) is 22.3. The molecule has 3 aliphatic carbocycles. The van der Waals surface area contributed by atoms with E-state index in [1.807, 2.05) is 109 Å². The summed E-state index contributed by atoms with van der Waals surface area (Å²) < 4.78 is 70.9. The molecular weight excluding hydrogens is 1100 g/mol. The van der Waals surface area contributed by atoms with Gasteiger partial charge in [0.2, 0.25) is 0 Å². The minimum Gasteiger partial charge on any atom is -0.497 e. The van der Waals surface area contributed by atoms with Crippen LogP contribution in [0, 0.1) is 0 Å². The van der Waals surface area contributed by atoms with Crippen LogP contribution < -0.4 is 37.9 Å². The van der Waals surface area contributed by atoms with Crippen LogP contribution in [0.5, 0.6) is 46.0 Å². The Labute approximate surface area is 523 Å². The highest BCUT2D eigenvalue weighted by molar-refractivity contribution is 6.26. The summed E-state index contributed by atoms with van der Waals surface area (Å²) in [5, 5.41) is 0. The third-order valence-electron chi connectivity index (χ3n) is 18.1. The quantitative estimate of drug-likeness (QED) is 0.0947. The molecule has 8 nitrogen and oxygen atoms in total. The van der Waals surface area contributed by atoms with Crippen molar-refractivity contribution in [3.8, 4) is 113 Å². The summed E-state index contributed by atoms with van der Waals surface area (Å²) in [6.45, 7) is 0. The van der Waals surface area contributed by atoms with Crippen LogP contribution in [0.25, 0.3) is 83.5 Å². The van der Waals surface area contributed by atoms with Crippen molar-refractivity contribution in [2.75, 3.05) is 56.9 Å². The zero-order chi connectivity index (χ0) is 62.7. The first-order valence-corrected chi connectivity index (χ1v) is 29.7. The van der Waals surface area contributed by atoms with E-state index in [1.54, 1.807) is 56.9 Å². The Balaban J connectivity index is 1.34. The minimum absolute atomic E-state index is 0.509. The van der Waals surface area contributed by atoms with E-state index >= 15 is 0 Å². The number of hydrogen-bond donors (Lipinski definition) is 0. The molecule has 0 bridgehead atoms. The van der Waals surface area contributed by atoms with Gasteiger partial charge in [-0.2, -0.15) is 0 Å². The van der Waals surface area contributed by atoms with Crippen molar-refractivity contribution in [1.29, 1.82) is 0 Å². The second-order valence-corrected chi connectivity index (χ2v) is 22.3. The lowest BCUT2D eigenvalue weighted by Gasteiger charge is -2.41. The number of rotatable bonds is 16. The fourth-order valence-corrected chi connectivity index (χ4v) is 14.0. The van der Waals surface area contributed by atoms with Crippen molar-refractivity contribution in [2.24, 2.45) is 0 Å². The highest BCUT2D eigenvalue weighted by Gasteiger charge is 2.60. The molecule has 89 heavy (non-hydrogen) atoms. The third kappa shape index (κ3) is 9.20. The van der Waals surface area contributed by atoms with Gasteiger partial charge in [0.25, 0.3) is 0 Å². The molecule has 11 aromatic carbocycles. The van der Waals surface area contributed by atoms with Crippen molar-refractivity contribution in [2.45, 2.75) is 17.7 Å². The maximum absolute atomic E-state index is 11.7. The first-order valence-electron chi connectivity index (χ1n) is 30.7. The van der Waals surface area contributed by atoms with Gasteiger partial charge in [0.15, 0.2) is 0 Å². The first-order chi connectivity index (χ1) is 44.5. The zero-order valence-electron chi connectivity index (χ0n) is 52.9. The van der Waals surface area contributed by atoms with Crippen LogP contribution in [-0.4, -0.2) is 56.9 Å². The molecule has 3 aliphatic rings. The van der Waals surface area contributed by atoms with Gasteiger partial charge in [0.1, 0.15) is 46.0 Å². The molecule has 1 spiro atoms. The minimum atomic E-state index is -2.20. The molecule has 14 rings (SSSR count). The van der Waals surface area contributed by atoms with Crippen LogP contribution in [0.15, 0.2) is 242 Å². The Morgan fingerprint density at radius 1 is 0.292 bits per heavy atom. The maximum Gasteiger partial charge on any atom is 0.118 e. The average Bonchev–Trinajstić information content (AvgIpc) is 1.48. The smallest absolute Gasteiger partial charge is 0.118 e. The van der Waals surface area contributed by atoms with Crippen molar-refractivity contribution in [3.63, 3.8) is 0 Å². The topological polar surface area (TPSA) is 73.8 Å². The van der Waals surface area contributed by atoms with Crippen molar-refractivity contribution in [3.05, 3.63) is 281 Å². The van der Waals surface area contributed by atoms with Crippen molar-refractivity contribution >= 4 is 16.7 Å². The van der Waals surface area contributed by atoms with Gasteiger partial charge in [0.05, 0.1) is 62.3 Å². The summed E-state index contributed by atoms with van der Waals surface area (Å²) in [5.74, 6) is 4.49. The standard InChI is InChI=1S/C81H66O8/c1-82-57-32-16-49(17-33-57)65-13-11-14-67-66-12-9-10-15-70(66)81(78(65)67)79-69(51-20-36-59(84-3)37-21-51)48-68(50-18-34-58(83-2)35-19-50)71(52-22-38-60(85-4)39-23-52)76(79)77-74(55-28-44-63(88-7)45-29-55)72(53-24-40-61(86-5)41-25-53)73(54-26-42-62(87-6)43-27-54)75(80(77)81)56-30-46-64(89-8)47-31-56/h9-47,69H,48H2,1-8H3/i48D2. The molecule has 8 heteroatoms. The molecule has 438 valence electrons. The van der Waals surface area contributed by atoms with Crippen molar-refractivity contribution < 1.29 is 40.6 Å². The van der Waals surface area contributed by atoms with Crippen LogP contribution in [0.1, 0.15) is 54.0 Å². The number of allylic oxidation sites excluding steroid dienone is 4. The van der Waals surface area contributed by atoms with Crippen LogP contribution in [0.4, 0.5) is 0 Å². The predicted molar refractivity (Wildman–Crippen MR) is 358 cm³/mol. The summed E-state index contributed by atoms with van der Waals surface area (Å²) in [5.41, 5.74) is 19.4. The van der Waals surface area contributed by atoms with Crippen LogP contribution in [0.2, 0.25) is 0 Å². The first kappa shape index (κ1) is 53.7. The van der Waals surface area contributed by atoms with E-state index < -0.39 is 17.7 Å². The van der Waals surface area contributed by atoms with Gasteiger partial charge >= 0.3 is 0 Å². The Kier molecular flexibility index (Phi) is 14.0. The van der Waals surface area contributed by atoms with Gasteiger partial charge in [-0.1, -0.05) is 140 Å². The van der Waals surface area contributed by atoms with E-state index in [4.69, 9.17) is 37.9 Å². The Hall–Kier alpha value is -10.7. The largest absolute Gasteiger partial charge is 0.497 e. The molecule has 2 atom stereocenters. The van der Waals surface area contributed by atoms with E-state index in [2.05, 4.69) is 127 Å².